The molecule has 5 nitrogen and oxygen atoms in total. The fraction of sp³-hybridized carbons (Fsp3) is 0.714. The number of carbonyl (C=O) groups excluding carboxylic acids is 2. The van der Waals surface area contributed by atoms with Crippen molar-refractivity contribution >= 4 is 37.1 Å². The molecule has 0 saturated carbocycles. The van der Waals surface area contributed by atoms with Crippen LogP contribution in [-0.4, -0.2) is 35.4 Å². The minimum atomic E-state index is -0.722. The predicted molar refractivity (Wildman–Crippen MR) is 61.4 cm³/mol. The molecule has 0 aromatic heterocycles. The molecule has 0 spiro atoms. The molecule has 0 radical (unpaired) electrons. The van der Waals surface area contributed by atoms with Gasteiger partial charge in [0.1, 0.15) is 6.04 Å². The lowest BCUT2D eigenvalue weighted by molar-refractivity contribution is -0.127. The zero-order chi connectivity index (χ0) is 11.1. The summed E-state index contributed by atoms with van der Waals surface area (Å²) in [5, 5.41) is 2.43. The Bertz CT molecular complexity index is 213. The van der Waals surface area contributed by atoms with E-state index in [4.69, 9.17) is 11.5 Å². The Kier molecular flexibility index (Phi) is 6.77. The quantitative estimate of drug-likeness (QED) is 0.365. The van der Waals surface area contributed by atoms with E-state index in [2.05, 4.69) is 30.6 Å². The van der Waals surface area contributed by atoms with Gasteiger partial charge in [-0.1, -0.05) is 0 Å². The van der Waals surface area contributed by atoms with E-state index in [-0.39, 0.29) is 5.75 Å². The lowest BCUT2D eigenvalue weighted by Gasteiger charge is -2.16. The molecular weight excluding hydrogens is 222 g/mol. The summed E-state index contributed by atoms with van der Waals surface area (Å²) in [7, 11) is 0. The van der Waals surface area contributed by atoms with E-state index in [9.17, 15) is 9.59 Å². The molecule has 0 aromatic carbocycles. The van der Waals surface area contributed by atoms with Crippen molar-refractivity contribution in [1.29, 1.82) is 0 Å². The summed E-state index contributed by atoms with van der Waals surface area (Å²) in [6.45, 7) is 0. The van der Waals surface area contributed by atoms with E-state index < -0.39 is 23.9 Å². The SMILES string of the molecule is NC(=O)[C@@H](CCS)NC(=O)[C@H](N)CS. The van der Waals surface area contributed by atoms with E-state index in [0.29, 0.717) is 12.2 Å². The Balaban J connectivity index is 4.15. The zero-order valence-corrected chi connectivity index (χ0v) is 9.43. The molecular formula is C7H15N3O2S2. The average Bonchev–Trinajstić information content (AvgIpc) is 2.15. The number of hydrogen-bond donors (Lipinski definition) is 5. The Morgan fingerprint density at radius 3 is 2.29 bits per heavy atom. The third-order valence-electron chi connectivity index (χ3n) is 1.61. The van der Waals surface area contributed by atoms with Gasteiger partial charge in [0.05, 0.1) is 6.04 Å². The minimum Gasteiger partial charge on any atom is -0.368 e. The van der Waals surface area contributed by atoms with Crippen molar-refractivity contribution in [3.8, 4) is 0 Å². The summed E-state index contributed by atoms with van der Waals surface area (Å²) in [6.07, 6.45) is 0.392. The zero-order valence-electron chi connectivity index (χ0n) is 7.64. The lowest BCUT2D eigenvalue weighted by Crippen LogP contribution is -2.51. The number of rotatable bonds is 6. The van der Waals surface area contributed by atoms with Crippen molar-refractivity contribution < 1.29 is 9.59 Å². The van der Waals surface area contributed by atoms with Crippen LogP contribution in [0.2, 0.25) is 0 Å². The van der Waals surface area contributed by atoms with Gasteiger partial charge in [0.15, 0.2) is 0 Å². The van der Waals surface area contributed by atoms with E-state index >= 15 is 0 Å². The molecule has 0 bridgehead atoms. The van der Waals surface area contributed by atoms with E-state index in [1.54, 1.807) is 0 Å². The van der Waals surface area contributed by atoms with Crippen LogP contribution < -0.4 is 16.8 Å². The highest BCUT2D eigenvalue weighted by Gasteiger charge is 2.20. The summed E-state index contributed by atoms with van der Waals surface area (Å²) in [5.74, 6) is -0.327. The van der Waals surface area contributed by atoms with Crippen LogP contribution in [0.1, 0.15) is 6.42 Å². The molecule has 0 unspecified atom stereocenters. The van der Waals surface area contributed by atoms with Crippen molar-refractivity contribution in [2.75, 3.05) is 11.5 Å². The van der Waals surface area contributed by atoms with Crippen molar-refractivity contribution in [1.82, 2.24) is 5.32 Å². The van der Waals surface area contributed by atoms with Crippen LogP contribution in [0.15, 0.2) is 0 Å². The molecule has 14 heavy (non-hydrogen) atoms. The first-order valence-corrected chi connectivity index (χ1v) is 5.36. The van der Waals surface area contributed by atoms with Gasteiger partial charge in [0.25, 0.3) is 0 Å². The predicted octanol–water partition coefficient (Wildman–Crippen LogP) is -1.47. The normalized spacial score (nSPS) is 14.5. The van der Waals surface area contributed by atoms with Gasteiger partial charge in [-0.2, -0.15) is 25.3 Å². The van der Waals surface area contributed by atoms with Gasteiger partial charge < -0.3 is 16.8 Å². The molecule has 2 atom stereocenters. The lowest BCUT2D eigenvalue weighted by atomic mass is 10.2. The third kappa shape index (κ3) is 4.73. The van der Waals surface area contributed by atoms with Gasteiger partial charge in [-0.05, 0) is 12.2 Å². The first kappa shape index (κ1) is 13.6. The van der Waals surface area contributed by atoms with Gasteiger partial charge in [-0.25, -0.2) is 0 Å². The van der Waals surface area contributed by atoms with E-state index in [1.807, 2.05) is 0 Å². The van der Waals surface area contributed by atoms with Gasteiger partial charge >= 0.3 is 0 Å². The van der Waals surface area contributed by atoms with Gasteiger partial charge in [0.2, 0.25) is 11.8 Å². The maximum absolute atomic E-state index is 11.2. The largest absolute Gasteiger partial charge is 0.368 e. The highest BCUT2D eigenvalue weighted by molar-refractivity contribution is 7.80. The van der Waals surface area contributed by atoms with Crippen LogP contribution in [0, 0.1) is 0 Å². The standard InChI is InChI=1S/C7H15N3O2S2/c8-4(3-14)7(12)10-5(1-2-13)6(9)11/h4-5,13-14H,1-3,8H2,(H2,9,11)(H,10,12)/t4-,5-/m1/s1. The van der Waals surface area contributed by atoms with Crippen LogP contribution in [0.4, 0.5) is 0 Å². The maximum Gasteiger partial charge on any atom is 0.240 e. The second-order valence-electron chi connectivity index (χ2n) is 2.76. The molecule has 0 aromatic rings. The number of hydrogen-bond acceptors (Lipinski definition) is 5. The topological polar surface area (TPSA) is 98.2 Å². The Morgan fingerprint density at radius 1 is 1.36 bits per heavy atom. The Morgan fingerprint density at radius 2 is 1.93 bits per heavy atom. The number of nitrogens with two attached hydrogens (primary N) is 2. The minimum absolute atomic E-state index is 0.220. The fourth-order valence-corrected chi connectivity index (χ4v) is 1.20. The molecule has 0 aliphatic rings. The fourth-order valence-electron chi connectivity index (χ4n) is 0.776. The summed E-state index contributed by atoms with van der Waals surface area (Å²) in [4.78, 5) is 22.1. The summed E-state index contributed by atoms with van der Waals surface area (Å²) >= 11 is 7.81. The highest BCUT2D eigenvalue weighted by Crippen LogP contribution is 1.95. The maximum atomic E-state index is 11.2. The molecule has 7 heteroatoms. The summed E-state index contributed by atoms with van der Waals surface area (Å²) < 4.78 is 0. The smallest absolute Gasteiger partial charge is 0.240 e. The molecule has 0 heterocycles. The van der Waals surface area contributed by atoms with Crippen molar-refractivity contribution in [2.24, 2.45) is 11.5 Å². The van der Waals surface area contributed by atoms with Crippen LogP contribution in [0.3, 0.4) is 0 Å². The number of carbonyl (C=O) groups is 2. The molecule has 5 N–H and O–H groups in total. The summed E-state index contributed by atoms with van der Waals surface area (Å²) in [5.41, 5.74) is 10.5. The first-order chi connectivity index (χ1) is 6.52. The van der Waals surface area contributed by atoms with Crippen molar-refractivity contribution in [3.63, 3.8) is 0 Å². The third-order valence-corrected chi connectivity index (χ3v) is 2.26. The second kappa shape index (κ2) is 6.97. The highest BCUT2D eigenvalue weighted by atomic mass is 32.1. The molecule has 0 fully saturated rings. The number of primary amides is 1. The molecule has 0 saturated heterocycles. The van der Waals surface area contributed by atoms with E-state index in [0.717, 1.165) is 0 Å². The molecule has 82 valence electrons. The van der Waals surface area contributed by atoms with Gasteiger partial charge in [-0.3, -0.25) is 9.59 Å². The number of thiol groups is 2. The van der Waals surface area contributed by atoms with Crippen LogP contribution in [0.5, 0.6) is 0 Å². The summed E-state index contributed by atoms with van der Waals surface area (Å²) in [6, 6.07) is -1.42. The van der Waals surface area contributed by atoms with Gasteiger partial charge in [-0.15, -0.1) is 0 Å². The second-order valence-corrected chi connectivity index (χ2v) is 3.58. The van der Waals surface area contributed by atoms with Crippen LogP contribution >= 0.6 is 25.3 Å². The average molecular weight is 237 g/mol. The Hall–Kier alpha value is -0.400. The van der Waals surface area contributed by atoms with Crippen LogP contribution in [-0.2, 0) is 9.59 Å². The first-order valence-electron chi connectivity index (χ1n) is 4.10. The van der Waals surface area contributed by atoms with Crippen LogP contribution in [0.25, 0.3) is 0 Å². The Labute approximate surface area is 93.8 Å². The van der Waals surface area contributed by atoms with E-state index in [1.165, 1.54) is 0 Å². The molecule has 0 aliphatic heterocycles. The molecule has 0 rings (SSSR count). The molecule has 2 amide bonds. The molecule has 0 aliphatic carbocycles. The number of nitrogens with one attached hydrogen (secondary N) is 1. The van der Waals surface area contributed by atoms with Crippen molar-refractivity contribution in [3.05, 3.63) is 0 Å². The monoisotopic (exact) mass is 237 g/mol. The van der Waals surface area contributed by atoms with Crippen molar-refractivity contribution in [2.45, 2.75) is 18.5 Å². The van der Waals surface area contributed by atoms with Gasteiger partial charge in [0, 0.05) is 5.75 Å². The number of amides is 2.